The van der Waals surface area contributed by atoms with Gasteiger partial charge in [-0.2, -0.15) is 0 Å². The Morgan fingerprint density at radius 2 is 1.90 bits per heavy atom. The summed E-state index contributed by atoms with van der Waals surface area (Å²) in [6.07, 6.45) is 0.544. The molecule has 29 heavy (non-hydrogen) atoms. The molecule has 0 heterocycles. The van der Waals surface area contributed by atoms with Crippen LogP contribution in [0.25, 0.3) is 0 Å². The van der Waals surface area contributed by atoms with Crippen molar-refractivity contribution >= 4 is 44.8 Å². The van der Waals surface area contributed by atoms with Gasteiger partial charge in [0.05, 0.1) is 28.3 Å². The lowest BCUT2D eigenvalue weighted by molar-refractivity contribution is 0.102. The lowest BCUT2D eigenvalue weighted by Gasteiger charge is -2.13. The number of ether oxygens (including phenoxy) is 2. The first kappa shape index (κ1) is 23.4. The average molecular weight is 461 g/mol. The third-order valence-electron chi connectivity index (χ3n) is 3.87. The topological polar surface area (TPSA) is 93.7 Å². The minimum Gasteiger partial charge on any atom is -0.495 e. The van der Waals surface area contributed by atoms with Crippen molar-refractivity contribution in [2.24, 2.45) is 0 Å². The van der Waals surface area contributed by atoms with Gasteiger partial charge in [0, 0.05) is 24.8 Å². The lowest BCUT2D eigenvalue weighted by atomic mass is 10.2. The van der Waals surface area contributed by atoms with Crippen molar-refractivity contribution in [1.29, 1.82) is 0 Å². The summed E-state index contributed by atoms with van der Waals surface area (Å²) in [6.45, 7) is 3.14. The molecule has 0 fully saturated rings. The van der Waals surface area contributed by atoms with E-state index in [0.717, 1.165) is 0 Å². The van der Waals surface area contributed by atoms with E-state index in [9.17, 15) is 13.2 Å². The van der Waals surface area contributed by atoms with Gasteiger partial charge in [0.25, 0.3) is 5.91 Å². The Bertz CT molecular complexity index is 967. The van der Waals surface area contributed by atoms with Crippen LogP contribution < -0.4 is 14.8 Å². The summed E-state index contributed by atoms with van der Waals surface area (Å²) in [5.41, 5.74) is 0.390. The molecule has 7 nitrogen and oxygen atoms in total. The highest BCUT2D eigenvalue weighted by atomic mass is 35.5. The van der Waals surface area contributed by atoms with E-state index in [0.29, 0.717) is 30.4 Å². The molecule has 10 heteroatoms. The minimum atomic E-state index is -3.77. The molecule has 2 aromatic carbocycles. The maximum Gasteiger partial charge on any atom is 0.257 e. The van der Waals surface area contributed by atoms with Crippen molar-refractivity contribution in [1.82, 2.24) is 4.72 Å². The third-order valence-corrected chi connectivity index (χ3v) is 5.87. The number of sulfonamides is 1. The molecule has 0 saturated heterocycles. The van der Waals surface area contributed by atoms with E-state index < -0.39 is 15.9 Å². The van der Waals surface area contributed by atoms with Crippen LogP contribution in [-0.4, -0.2) is 41.2 Å². The smallest absolute Gasteiger partial charge is 0.257 e. The fourth-order valence-electron chi connectivity index (χ4n) is 2.42. The van der Waals surface area contributed by atoms with Crippen LogP contribution in [0, 0.1) is 0 Å². The highest BCUT2D eigenvalue weighted by molar-refractivity contribution is 7.89. The molecule has 2 rings (SSSR count). The van der Waals surface area contributed by atoms with Gasteiger partial charge in [-0.05, 0) is 49.7 Å². The lowest BCUT2D eigenvalue weighted by Crippen LogP contribution is -2.26. The molecule has 0 aliphatic rings. The van der Waals surface area contributed by atoms with Crippen LogP contribution in [0.4, 0.5) is 5.69 Å². The quantitative estimate of drug-likeness (QED) is 0.523. The van der Waals surface area contributed by atoms with Crippen molar-refractivity contribution in [2.75, 3.05) is 32.2 Å². The largest absolute Gasteiger partial charge is 0.495 e. The number of hydrogen-bond acceptors (Lipinski definition) is 5. The van der Waals surface area contributed by atoms with Crippen LogP contribution in [0.1, 0.15) is 23.7 Å². The van der Waals surface area contributed by atoms with Gasteiger partial charge in [0.1, 0.15) is 5.75 Å². The van der Waals surface area contributed by atoms with Crippen LogP contribution in [-0.2, 0) is 14.8 Å². The number of benzene rings is 2. The molecule has 2 aromatic rings. The van der Waals surface area contributed by atoms with Crippen LogP contribution in [0.15, 0.2) is 41.3 Å². The number of anilines is 1. The predicted octanol–water partition coefficient (Wildman–Crippen LogP) is 3.96. The summed E-state index contributed by atoms with van der Waals surface area (Å²) in [7, 11) is -2.35. The van der Waals surface area contributed by atoms with Crippen LogP contribution >= 0.6 is 23.2 Å². The Labute approximate surface area is 180 Å². The van der Waals surface area contributed by atoms with Crippen LogP contribution in [0.5, 0.6) is 5.75 Å². The van der Waals surface area contributed by atoms with Crippen molar-refractivity contribution < 1.29 is 22.7 Å². The second kappa shape index (κ2) is 10.8. The van der Waals surface area contributed by atoms with Gasteiger partial charge in [-0.15, -0.1) is 0 Å². The van der Waals surface area contributed by atoms with E-state index in [1.165, 1.54) is 43.5 Å². The highest BCUT2D eigenvalue weighted by Crippen LogP contribution is 2.29. The molecule has 0 aliphatic heterocycles. The van der Waals surface area contributed by atoms with Gasteiger partial charge in [-0.25, -0.2) is 13.1 Å². The Kier molecular flexibility index (Phi) is 8.73. The number of amides is 1. The van der Waals surface area contributed by atoms with E-state index in [4.69, 9.17) is 32.7 Å². The molecule has 2 N–H and O–H groups in total. The van der Waals surface area contributed by atoms with Crippen LogP contribution in [0.2, 0.25) is 10.0 Å². The van der Waals surface area contributed by atoms with Crippen molar-refractivity contribution in [2.45, 2.75) is 18.2 Å². The summed E-state index contributed by atoms with van der Waals surface area (Å²) in [6, 6.07) is 8.65. The van der Waals surface area contributed by atoms with Crippen molar-refractivity contribution in [3.8, 4) is 5.75 Å². The fraction of sp³-hybridized carbons (Fsp3) is 0.316. The zero-order valence-corrected chi connectivity index (χ0v) is 18.3. The molecule has 0 bridgehead atoms. The third kappa shape index (κ3) is 6.58. The fourth-order valence-corrected chi connectivity index (χ4v) is 4.02. The van der Waals surface area contributed by atoms with Gasteiger partial charge in [0.2, 0.25) is 10.0 Å². The number of halogens is 2. The van der Waals surface area contributed by atoms with Crippen LogP contribution in [0.3, 0.4) is 0 Å². The Balaban J connectivity index is 2.20. The van der Waals surface area contributed by atoms with Gasteiger partial charge < -0.3 is 14.8 Å². The number of carbonyl (C=O) groups excluding carboxylic acids is 1. The first-order valence-corrected chi connectivity index (χ1v) is 11.0. The SMILES string of the molecule is CCOCCCNS(=O)(=O)c1ccc(OC)c(NC(=O)c2ccc(Cl)cc2Cl)c1. The van der Waals surface area contributed by atoms with Gasteiger partial charge >= 0.3 is 0 Å². The Morgan fingerprint density at radius 1 is 1.14 bits per heavy atom. The first-order chi connectivity index (χ1) is 13.8. The zero-order chi connectivity index (χ0) is 21.4. The Morgan fingerprint density at radius 3 is 2.55 bits per heavy atom. The molecule has 0 aromatic heterocycles. The van der Waals surface area contributed by atoms with E-state index >= 15 is 0 Å². The second-order valence-electron chi connectivity index (χ2n) is 5.89. The molecule has 0 atom stereocenters. The number of carbonyl (C=O) groups is 1. The monoisotopic (exact) mass is 460 g/mol. The number of nitrogens with one attached hydrogen (secondary N) is 2. The van der Waals surface area contributed by atoms with Crippen molar-refractivity contribution in [3.05, 3.63) is 52.0 Å². The highest BCUT2D eigenvalue weighted by Gasteiger charge is 2.18. The number of hydrogen-bond donors (Lipinski definition) is 2. The molecular formula is C19H22Cl2N2O5S. The number of methoxy groups -OCH3 is 1. The maximum atomic E-state index is 12.6. The van der Waals surface area contributed by atoms with E-state index in [2.05, 4.69) is 10.0 Å². The van der Waals surface area contributed by atoms with E-state index in [1.54, 1.807) is 0 Å². The van der Waals surface area contributed by atoms with Crippen molar-refractivity contribution in [3.63, 3.8) is 0 Å². The van der Waals surface area contributed by atoms with E-state index in [-0.39, 0.29) is 27.7 Å². The summed E-state index contributed by atoms with van der Waals surface area (Å²) < 4.78 is 38.0. The standard InChI is InChI=1S/C19H22Cl2N2O5S/c1-3-28-10-4-9-22-29(25,26)14-6-8-18(27-2)17(12-14)23-19(24)15-7-5-13(20)11-16(15)21/h5-8,11-12,22H,3-4,9-10H2,1-2H3,(H,23,24). The molecule has 0 unspecified atom stereocenters. The summed E-state index contributed by atoms with van der Waals surface area (Å²) >= 11 is 11.9. The van der Waals surface area contributed by atoms with Gasteiger partial charge in [-0.3, -0.25) is 4.79 Å². The van der Waals surface area contributed by atoms with E-state index in [1.807, 2.05) is 6.92 Å². The maximum absolute atomic E-state index is 12.6. The average Bonchev–Trinajstić information content (AvgIpc) is 2.67. The molecule has 1 amide bonds. The summed E-state index contributed by atoms with van der Waals surface area (Å²) in [5, 5.41) is 3.20. The molecule has 0 aliphatic carbocycles. The minimum absolute atomic E-state index is 0.00721. The number of rotatable bonds is 10. The molecular weight excluding hydrogens is 439 g/mol. The first-order valence-electron chi connectivity index (χ1n) is 8.80. The Hall–Kier alpha value is -1.84. The predicted molar refractivity (Wildman–Crippen MR) is 114 cm³/mol. The molecule has 0 spiro atoms. The van der Waals surface area contributed by atoms with Gasteiger partial charge in [-0.1, -0.05) is 23.2 Å². The normalized spacial score (nSPS) is 11.3. The summed E-state index contributed by atoms with van der Waals surface area (Å²) in [5.74, 6) is -0.220. The summed E-state index contributed by atoms with van der Waals surface area (Å²) in [4.78, 5) is 12.6. The zero-order valence-electron chi connectivity index (χ0n) is 16.0. The molecule has 158 valence electrons. The molecule has 0 saturated carbocycles. The van der Waals surface area contributed by atoms with Gasteiger partial charge in [0.15, 0.2) is 0 Å². The molecule has 0 radical (unpaired) electrons. The second-order valence-corrected chi connectivity index (χ2v) is 8.50.